The fraction of sp³-hybridized carbons (Fsp3) is 0.889. The van der Waals surface area contributed by atoms with Crippen LogP contribution in [0.5, 0.6) is 0 Å². The highest BCUT2D eigenvalue weighted by Gasteiger charge is 2.33. The summed E-state index contributed by atoms with van der Waals surface area (Å²) < 4.78 is 5.20. The molecule has 0 aliphatic carbocycles. The Balaban J connectivity index is 2.27. The van der Waals surface area contributed by atoms with Crippen molar-refractivity contribution in [1.82, 2.24) is 4.90 Å². The first-order valence-electron chi connectivity index (χ1n) is 4.69. The molecule has 1 fully saturated rings. The van der Waals surface area contributed by atoms with E-state index < -0.39 is 0 Å². The van der Waals surface area contributed by atoms with Crippen molar-refractivity contribution in [2.45, 2.75) is 26.4 Å². The predicted octanol–water partition coefficient (Wildman–Crippen LogP) is 0.0952. The van der Waals surface area contributed by atoms with E-state index in [0.29, 0.717) is 5.92 Å². The quantitative estimate of drug-likeness (QED) is 0.632. The Kier molecular flexibility index (Phi) is 2.81. The van der Waals surface area contributed by atoms with Crippen LogP contribution in [0.4, 0.5) is 4.79 Å². The smallest absolute Gasteiger partial charge is 0.410 e. The van der Waals surface area contributed by atoms with Gasteiger partial charge in [0.25, 0.3) is 0 Å². The average Bonchev–Trinajstić information content (AvgIpc) is 1.79. The van der Waals surface area contributed by atoms with Crippen molar-refractivity contribution in [3.63, 3.8) is 0 Å². The summed E-state index contributed by atoms with van der Waals surface area (Å²) in [6.45, 7) is 8.15. The molecule has 76 valence electrons. The largest absolute Gasteiger partial charge is 0.444 e. The molecular formula is C9H19N2O2+. The van der Waals surface area contributed by atoms with Gasteiger partial charge >= 0.3 is 6.09 Å². The Morgan fingerprint density at radius 2 is 2.08 bits per heavy atom. The van der Waals surface area contributed by atoms with Crippen molar-refractivity contribution in [2.75, 3.05) is 19.6 Å². The first-order valence-corrected chi connectivity index (χ1v) is 4.69. The van der Waals surface area contributed by atoms with E-state index in [4.69, 9.17) is 4.74 Å². The summed E-state index contributed by atoms with van der Waals surface area (Å²) in [5.41, 5.74) is 3.41. The standard InChI is InChI=1S/C9H18N2O2/c1-9(2,3)13-8(12)11-5-7(4-10)6-11/h7H,4-6,10H2,1-3H3/p+1. The van der Waals surface area contributed by atoms with E-state index >= 15 is 0 Å². The van der Waals surface area contributed by atoms with Gasteiger partial charge in [-0.15, -0.1) is 0 Å². The molecule has 0 saturated carbocycles. The molecule has 1 aliphatic rings. The number of carbonyl (C=O) groups is 1. The highest BCUT2D eigenvalue weighted by atomic mass is 16.6. The Labute approximate surface area is 79.0 Å². The summed E-state index contributed by atoms with van der Waals surface area (Å²) in [6, 6.07) is 0. The SMILES string of the molecule is CC(C)(C)OC(=O)N1CC(C[NH3+])C1. The van der Waals surface area contributed by atoms with Gasteiger partial charge in [-0.05, 0) is 20.8 Å². The van der Waals surface area contributed by atoms with Gasteiger partial charge in [0.15, 0.2) is 0 Å². The molecule has 1 aliphatic heterocycles. The molecule has 0 aromatic rings. The van der Waals surface area contributed by atoms with E-state index in [0.717, 1.165) is 19.6 Å². The summed E-state index contributed by atoms with van der Waals surface area (Å²) in [7, 11) is 0. The van der Waals surface area contributed by atoms with Crippen molar-refractivity contribution >= 4 is 6.09 Å². The van der Waals surface area contributed by atoms with Crippen LogP contribution in [-0.4, -0.2) is 36.2 Å². The molecule has 1 rings (SSSR count). The Bertz CT molecular complexity index is 192. The first-order chi connectivity index (χ1) is 5.92. The molecule has 0 atom stereocenters. The molecule has 13 heavy (non-hydrogen) atoms. The topological polar surface area (TPSA) is 57.2 Å². The van der Waals surface area contributed by atoms with Crippen molar-refractivity contribution in [3.8, 4) is 0 Å². The van der Waals surface area contributed by atoms with Gasteiger partial charge in [-0.25, -0.2) is 4.79 Å². The van der Waals surface area contributed by atoms with Crippen LogP contribution >= 0.6 is 0 Å². The molecule has 0 radical (unpaired) electrons. The van der Waals surface area contributed by atoms with Gasteiger partial charge in [-0.2, -0.15) is 0 Å². The van der Waals surface area contributed by atoms with Crippen molar-refractivity contribution in [3.05, 3.63) is 0 Å². The van der Waals surface area contributed by atoms with Gasteiger partial charge in [-0.3, -0.25) is 0 Å². The number of likely N-dealkylation sites (tertiary alicyclic amines) is 1. The normalized spacial score (nSPS) is 18.3. The number of amides is 1. The fourth-order valence-electron chi connectivity index (χ4n) is 1.23. The van der Waals surface area contributed by atoms with Gasteiger partial charge in [0, 0.05) is 19.0 Å². The molecule has 0 spiro atoms. The predicted molar refractivity (Wildman–Crippen MR) is 49.1 cm³/mol. The molecule has 4 heteroatoms. The van der Waals surface area contributed by atoms with E-state index in [-0.39, 0.29) is 11.7 Å². The average molecular weight is 187 g/mol. The van der Waals surface area contributed by atoms with E-state index in [9.17, 15) is 4.79 Å². The second-order valence-electron chi connectivity index (χ2n) is 4.54. The van der Waals surface area contributed by atoms with Crippen molar-refractivity contribution in [2.24, 2.45) is 5.92 Å². The van der Waals surface area contributed by atoms with Crippen LogP contribution < -0.4 is 5.73 Å². The van der Waals surface area contributed by atoms with Gasteiger partial charge in [-0.1, -0.05) is 0 Å². The third-order valence-electron chi connectivity index (χ3n) is 2.02. The number of nitrogens with zero attached hydrogens (tertiary/aromatic N) is 1. The van der Waals surface area contributed by atoms with Crippen molar-refractivity contribution < 1.29 is 15.3 Å². The monoisotopic (exact) mass is 187 g/mol. The molecule has 0 bridgehead atoms. The van der Waals surface area contributed by atoms with Crippen molar-refractivity contribution in [1.29, 1.82) is 0 Å². The van der Waals surface area contributed by atoms with E-state index in [1.807, 2.05) is 20.8 Å². The van der Waals surface area contributed by atoms with Crippen LogP contribution in [0, 0.1) is 5.92 Å². The number of quaternary nitrogens is 1. The highest BCUT2D eigenvalue weighted by Crippen LogP contribution is 2.17. The molecule has 0 aromatic heterocycles. The van der Waals surface area contributed by atoms with Crippen LogP contribution in [0.1, 0.15) is 20.8 Å². The summed E-state index contributed by atoms with van der Waals surface area (Å²) >= 11 is 0. The molecule has 1 amide bonds. The van der Waals surface area contributed by atoms with Crippen LogP contribution in [0.3, 0.4) is 0 Å². The second kappa shape index (κ2) is 3.54. The number of hydrogen-bond donors (Lipinski definition) is 1. The summed E-state index contributed by atoms with van der Waals surface area (Å²) in [4.78, 5) is 13.1. The lowest BCUT2D eigenvalue weighted by atomic mass is 10.0. The number of ether oxygens (including phenoxy) is 1. The summed E-state index contributed by atoms with van der Waals surface area (Å²) in [6.07, 6.45) is -0.197. The Morgan fingerprint density at radius 1 is 1.54 bits per heavy atom. The summed E-state index contributed by atoms with van der Waals surface area (Å²) in [5, 5.41) is 0. The molecule has 4 nitrogen and oxygen atoms in total. The lowest BCUT2D eigenvalue weighted by Crippen LogP contribution is -2.63. The Morgan fingerprint density at radius 3 is 2.46 bits per heavy atom. The zero-order chi connectivity index (χ0) is 10.1. The third-order valence-corrected chi connectivity index (χ3v) is 2.02. The first kappa shape index (κ1) is 10.3. The van der Waals surface area contributed by atoms with Gasteiger partial charge in [0.05, 0.1) is 6.54 Å². The van der Waals surface area contributed by atoms with E-state index in [1.165, 1.54) is 0 Å². The number of carbonyl (C=O) groups excluding carboxylic acids is 1. The van der Waals surface area contributed by atoms with Crippen LogP contribution in [0.25, 0.3) is 0 Å². The second-order valence-corrected chi connectivity index (χ2v) is 4.54. The maximum Gasteiger partial charge on any atom is 0.410 e. The number of hydrogen-bond acceptors (Lipinski definition) is 2. The minimum atomic E-state index is -0.382. The van der Waals surface area contributed by atoms with Gasteiger partial charge in [0.2, 0.25) is 0 Å². The molecule has 0 unspecified atom stereocenters. The zero-order valence-corrected chi connectivity index (χ0v) is 8.67. The number of rotatable bonds is 1. The minimum Gasteiger partial charge on any atom is -0.444 e. The molecule has 3 N–H and O–H groups in total. The molecule has 0 aromatic carbocycles. The van der Waals surface area contributed by atoms with Gasteiger partial charge < -0.3 is 15.4 Å². The highest BCUT2D eigenvalue weighted by molar-refractivity contribution is 5.69. The van der Waals surface area contributed by atoms with Crippen LogP contribution in [-0.2, 0) is 4.74 Å². The molecular weight excluding hydrogens is 168 g/mol. The van der Waals surface area contributed by atoms with Crippen LogP contribution in [0.2, 0.25) is 0 Å². The lowest BCUT2D eigenvalue weighted by molar-refractivity contribution is -0.384. The van der Waals surface area contributed by atoms with E-state index in [2.05, 4.69) is 5.73 Å². The summed E-state index contributed by atoms with van der Waals surface area (Å²) in [5.74, 6) is 0.576. The fourth-order valence-corrected chi connectivity index (χ4v) is 1.23. The molecule has 1 heterocycles. The zero-order valence-electron chi connectivity index (χ0n) is 8.67. The third kappa shape index (κ3) is 2.88. The maximum absolute atomic E-state index is 11.4. The maximum atomic E-state index is 11.4. The Hall–Kier alpha value is -0.770. The lowest BCUT2D eigenvalue weighted by Gasteiger charge is -2.38. The molecule has 1 saturated heterocycles. The van der Waals surface area contributed by atoms with Gasteiger partial charge in [0.1, 0.15) is 5.60 Å². The van der Waals surface area contributed by atoms with E-state index in [1.54, 1.807) is 4.90 Å². The van der Waals surface area contributed by atoms with Crippen LogP contribution in [0.15, 0.2) is 0 Å². The minimum absolute atomic E-state index is 0.197.